The van der Waals surface area contributed by atoms with Crippen molar-refractivity contribution in [2.45, 2.75) is 388 Å². The number of unbranched alkanes of at least 4 members (excludes halogenated alkanes) is 36. The van der Waals surface area contributed by atoms with Gasteiger partial charge in [-0.15, -0.1) is 0 Å². The van der Waals surface area contributed by atoms with Crippen LogP contribution in [-0.2, 0) is 33.2 Å². The van der Waals surface area contributed by atoms with Gasteiger partial charge in [0.2, 0.25) is 5.91 Å². The highest BCUT2D eigenvalue weighted by Crippen LogP contribution is 2.33. The lowest BCUT2D eigenvalue weighted by Crippen LogP contribution is -2.66. The summed E-state index contributed by atoms with van der Waals surface area (Å²) in [4.78, 5) is 13.4. The molecule has 19 heteroatoms. The number of amides is 1. The molecule has 0 spiro atoms. The van der Waals surface area contributed by atoms with Gasteiger partial charge >= 0.3 is 0 Å². The molecule has 3 aliphatic heterocycles. The number of nitrogens with one attached hydrogen (secondary N) is 1. The van der Waals surface area contributed by atoms with E-state index in [0.717, 1.165) is 57.8 Å². The second-order valence-electron chi connectivity index (χ2n) is 26.1. The van der Waals surface area contributed by atoms with E-state index in [-0.39, 0.29) is 18.9 Å². The third kappa shape index (κ3) is 34.5. The van der Waals surface area contributed by atoms with Gasteiger partial charge in [0.25, 0.3) is 0 Å². The van der Waals surface area contributed by atoms with Gasteiger partial charge in [0, 0.05) is 6.42 Å². The van der Waals surface area contributed by atoms with Crippen LogP contribution < -0.4 is 5.32 Å². The van der Waals surface area contributed by atoms with E-state index in [2.05, 4.69) is 43.5 Å². The molecule has 3 aliphatic rings. The summed E-state index contributed by atoms with van der Waals surface area (Å²) in [6.45, 7) is 1.82. The quantitative estimate of drug-likeness (QED) is 0.0199. The van der Waals surface area contributed by atoms with Gasteiger partial charge in [-0.05, 0) is 44.9 Å². The number of hydrogen-bond acceptors (Lipinski definition) is 18. The summed E-state index contributed by atoms with van der Waals surface area (Å²) in [5.74, 6) is -0.241. The molecule has 17 atom stereocenters. The summed E-state index contributed by atoms with van der Waals surface area (Å²) in [6, 6.07) is -0.888. The number of carbonyl (C=O) groups excluding carboxylic acids is 1. The average Bonchev–Trinajstić information content (AvgIpc) is 2.09. The number of allylic oxidation sites excluding steroid dienone is 4. The van der Waals surface area contributed by atoms with Crippen molar-refractivity contribution in [1.82, 2.24) is 5.32 Å². The van der Waals surface area contributed by atoms with Crippen LogP contribution in [0.5, 0.6) is 0 Å². The molecule has 0 aromatic heterocycles. The highest BCUT2D eigenvalue weighted by molar-refractivity contribution is 5.76. The molecule has 1 amide bonds. The zero-order chi connectivity index (χ0) is 64.7. The van der Waals surface area contributed by atoms with E-state index in [0.29, 0.717) is 12.8 Å². The second-order valence-corrected chi connectivity index (χ2v) is 26.1. The van der Waals surface area contributed by atoms with Crippen LogP contribution in [0.2, 0.25) is 0 Å². The second kappa shape index (κ2) is 52.5. The van der Waals surface area contributed by atoms with Crippen LogP contribution in [-0.4, -0.2) is 193 Å². The van der Waals surface area contributed by atoms with Crippen LogP contribution in [0.15, 0.2) is 24.3 Å². The summed E-state index contributed by atoms with van der Waals surface area (Å²) in [5.41, 5.74) is 0. The van der Waals surface area contributed by atoms with Crippen molar-refractivity contribution in [3.63, 3.8) is 0 Å². The molecule has 3 saturated heterocycles. The number of aliphatic hydroxyl groups excluding tert-OH is 11. The van der Waals surface area contributed by atoms with Crippen LogP contribution in [0.1, 0.15) is 284 Å². The molecule has 0 aromatic rings. The van der Waals surface area contributed by atoms with Crippen molar-refractivity contribution in [2.24, 2.45) is 0 Å². The molecule has 12 N–H and O–H groups in total. The van der Waals surface area contributed by atoms with E-state index in [9.17, 15) is 61.0 Å². The number of aliphatic hydroxyl groups is 11. The van der Waals surface area contributed by atoms with Crippen LogP contribution in [0.25, 0.3) is 0 Å². The molecule has 524 valence electrons. The van der Waals surface area contributed by atoms with Crippen LogP contribution in [0, 0.1) is 0 Å². The van der Waals surface area contributed by atoms with Crippen LogP contribution in [0.3, 0.4) is 0 Å². The number of hydrogen-bond donors (Lipinski definition) is 12. The maximum atomic E-state index is 13.4. The molecule has 0 aromatic carbocycles. The van der Waals surface area contributed by atoms with Crippen molar-refractivity contribution in [2.75, 3.05) is 26.4 Å². The highest BCUT2D eigenvalue weighted by atomic mass is 16.8. The number of carbonyl (C=O) groups is 1. The zero-order valence-corrected chi connectivity index (χ0v) is 55.4. The molecule has 89 heavy (non-hydrogen) atoms. The van der Waals surface area contributed by atoms with Crippen molar-refractivity contribution in [3.8, 4) is 0 Å². The predicted octanol–water partition coefficient (Wildman–Crippen LogP) is 9.83. The monoisotopic (exact) mass is 1270 g/mol. The van der Waals surface area contributed by atoms with E-state index < -0.39 is 124 Å². The summed E-state index contributed by atoms with van der Waals surface area (Å²) >= 11 is 0. The summed E-state index contributed by atoms with van der Waals surface area (Å²) < 4.78 is 34.5. The van der Waals surface area contributed by atoms with Crippen LogP contribution in [0.4, 0.5) is 0 Å². The SMILES string of the molecule is CCCCCCC/C=C\C/C=C\CCCCCCCCCCCCCC(=O)NC(COC1OC(CO)C(OC2OC(CO)C(OC3OC(CO)C(O)C(O)C3O)C(O)C2O)C(O)C1O)C(O)CCCCCCCCCCCCCCCCCCCCCCC. The Morgan fingerprint density at radius 1 is 0.404 bits per heavy atom. The third-order valence-electron chi connectivity index (χ3n) is 18.3. The van der Waals surface area contributed by atoms with E-state index >= 15 is 0 Å². The predicted molar refractivity (Wildman–Crippen MR) is 346 cm³/mol. The molecule has 0 radical (unpaired) electrons. The first-order chi connectivity index (χ1) is 43.3. The van der Waals surface area contributed by atoms with Gasteiger partial charge in [0.05, 0.1) is 38.6 Å². The average molecular weight is 1270 g/mol. The molecule has 19 nitrogen and oxygen atoms in total. The van der Waals surface area contributed by atoms with Crippen molar-refractivity contribution in [1.29, 1.82) is 0 Å². The molecule has 0 saturated carbocycles. The Morgan fingerprint density at radius 3 is 1.15 bits per heavy atom. The van der Waals surface area contributed by atoms with Crippen molar-refractivity contribution in [3.05, 3.63) is 24.3 Å². The fraction of sp³-hybridized carbons (Fsp3) is 0.929. The first-order valence-corrected chi connectivity index (χ1v) is 36.1. The highest BCUT2D eigenvalue weighted by Gasteiger charge is 2.53. The summed E-state index contributed by atoms with van der Waals surface area (Å²) in [5, 5.41) is 121. The molecule has 0 aliphatic carbocycles. The van der Waals surface area contributed by atoms with E-state index in [1.165, 1.54) is 193 Å². The molecule has 3 heterocycles. The fourth-order valence-electron chi connectivity index (χ4n) is 12.4. The summed E-state index contributed by atoms with van der Waals surface area (Å²) in [7, 11) is 0. The lowest BCUT2D eigenvalue weighted by Gasteiger charge is -2.48. The summed E-state index contributed by atoms with van der Waals surface area (Å²) in [6.07, 6.45) is 32.5. The molecule has 0 bridgehead atoms. The Morgan fingerprint density at radius 2 is 0.742 bits per heavy atom. The largest absolute Gasteiger partial charge is 0.394 e. The van der Waals surface area contributed by atoms with E-state index in [4.69, 9.17) is 28.4 Å². The lowest BCUT2D eigenvalue weighted by atomic mass is 9.96. The van der Waals surface area contributed by atoms with E-state index in [1.807, 2.05) is 0 Å². The lowest BCUT2D eigenvalue weighted by molar-refractivity contribution is -0.379. The van der Waals surface area contributed by atoms with Gasteiger partial charge in [0.15, 0.2) is 18.9 Å². The van der Waals surface area contributed by atoms with Gasteiger partial charge in [-0.25, -0.2) is 0 Å². The Kier molecular flexibility index (Phi) is 48.1. The van der Waals surface area contributed by atoms with Gasteiger partial charge in [0.1, 0.15) is 73.2 Å². The smallest absolute Gasteiger partial charge is 0.220 e. The van der Waals surface area contributed by atoms with Gasteiger partial charge in [-0.2, -0.15) is 0 Å². The molecule has 17 unspecified atom stereocenters. The standard InChI is InChI=1S/C70H131NO18/c1-3-5-7-9-11-13-15-17-19-21-23-25-26-28-30-32-34-36-38-40-42-44-46-48-58(76)71-53(54(75)47-45-43-41-39-37-35-33-31-29-27-24-22-20-18-16-14-12-10-8-6-4-2)52-84-68-64(82)61(79)66(56(50-73)86-68)89-70-65(83)62(80)67(57(51-74)87-70)88-69-63(81)60(78)59(77)55(49-72)85-69/h15,17,21,23,53-57,59-70,72-75,77-83H,3-14,16,18-20,22,24-52H2,1-2H3,(H,71,76)/b17-15-,23-21-. The van der Waals surface area contributed by atoms with E-state index in [1.54, 1.807) is 0 Å². The normalized spacial score (nSPS) is 28.3. The maximum Gasteiger partial charge on any atom is 0.220 e. The van der Waals surface area contributed by atoms with Crippen LogP contribution >= 0.6 is 0 Å². The Bertz CT molecular complexity index is 1710. The minimum absolute atomic E-state index is 0.241. The zero-order valence-electron chi connectivity index (χ0n) is 55.4. The molecular weight excluding hydrogens is 1140 g/mol. The van der Waals surface area contributed by atoms with Crippen molar-refractivity contribution < 1.29 is 89.4 Å². The topological polar surface area (TPSA) is 307 Å². The van der Waals surface area contributed by atoms with Gasteiger partial charge < -0.3 is 89.9 Å². The first kappa shape index (κ1) is 81.5. The molecule has 3 fully saturated rings. The van der Waals surface area contributed by atoms with Gasteiger partial charge in [-0.3, -0.25) is 4.79 Å². The van der Waals surface area contributed by atoms with Gasteiger partial charge in [-0.1, -0.05) is 256 Å². The fourth-order valence-corrected chi connectivity index (χ4v) is 12.4. The first-order valence-electron chi connectivity index (χ1n) is 36.1. The Hall–Kier alpha value is -1.73. The molecule has 3 rings (SSSR count). The minimum atomic E-state index is -1.97. The molecular formula is C70H131NO18. The maximum absolute atomic E-state index is 13.4. The number of ether oxygens (including phenoxy) is 6. The number of rotatable bonds is 56. The Balaban J connectivity index is 1.42. The Labute approximate surface area is 537 Å². The third-order valence-corrected chi connectivity index (χ3v) is 18.3. The van der Waals surface area contributed by atoms with Crippen molar-refractivity contribution >= 4 is 5.91 Å². The minimum Gasteiger partial charge on any atom is -0.394 e.